The maximum absolute atomic E-state index is 11.0. The van der Waals surface area contributed by atoms with Crippen LogP contribution in [0.25, 0.3) is 0 Å². The summed E-state index contributed by atoms with van der Waals surface area (Å²) >= 11 is 0. The fourth-order valence-electron chi connectivity index (χ4n) is 1.13. The Morgan fingerprint density at radius 3 is 2.92 bits per heavy atom. The van der Waals surface area contributed by atoms with Crippen molar-refractivity contribution in [2.45, 2.75) is 6.42 Å². The van der Waals surface area contributed by atoms with Gasteiger partial charge in [0.15, 0.2) is 5.75 Å². The minimum Gasteiger partial charge on any atom is -0.381 e. The highest BCUT2D eigenvalue weighted by Crippen LogP contribution is 2.10. The van der Waals surface area contributed by atoms with Crippen LogP contribution in [-0.4, -0.2) is 33.9 Å². The second-order valence-electron chi connectivity index (χ2n) is 3.00. The lowest BCUT2D eigenvalue weighted by Gasteiger charge is -2.07. The zero-order valence-electron chi connectivity index (χ0n) is 7.19. The van der Waals surface area contributed by atoms with E-state index in [2.05, 4.69) is 4.72 Å². The molecule has 0 aromatic rings. The van der Waals surface area contributed by atoms with Gasteiger partial charge in [-0.25, -0.2) is 13.1 Å². The molecule has 13 heavy (non-hydrogen) atoms. The minimum atomic E-state index is -3.39. The summed E-state index contributed by atoms with van der Waals surface area (Å²) in [6, 6.07) is 1.60. The molecule has 0 aliphatic carbocycles. The average Bonchev–Trinajstić information content (AvgIpc) is 2.52. The molecule has 1 atom stereocenters. The average molecular weight is 204 g/mol. The number of hydrogen-bond acceptors (Lipinski definition) is 4. The van der Waals surface area contributed by atoms with E-state index in [1.807, 2.05) is 0 Å². The van der Waals surface area contributed by atoms with Gasteiger partial charge < -0.3 is 4.74 Å². The van der Waals surface area contributed by atoms with Crippen LogP contribution < -0.4 is 4.72 Å². The molecule has 1 aliphatic rings. The van der Waals surface area contributed by atoms with Crippen LogP contribution in [0, 0.1) is 17.2 Å². The van der Waals surface area contributed by atoms with E-state index in [-0.39, 0.29) is 5.92 Å². The van der Waals surface area contributed by atoms with Crippen LogP contribution in [0.5, 0.6) is 0 Å². The van der Waals surface area contributed by atoms with Crippen LogP contribution in [0.2, 0.25) is 0 Å². The topological polar surface area (TPSA) is 79.2 Å². The monoisotopic (exact) mass is 204 g/mol. The Bertz CT molecular complexity index is 287. The van der Waals surface area contributed by atoms with Gasteiger partial charge in [-0.2, -0.15) is 5.26 Å². The molecule has 74 valence electrons. The Labute approximate surface area is 77.7 Å². The van der Waals surface area contributed by atoms with E-state index in [0.29, 0.717) is 19.8 Å². The molecule has 1 heterocycles. The normalized spacial score (nSPS) is 22.8. The van der Waals surface area contributed by atoms with Gasteiger partial charge in [-0.15, -0.1) is 0 Å². The summed E-state index contributed by atoms with van der Waals surface area (Å²) in [6.45, 7) is 1.68. The van der Waals surface area contributed by atoms with Gasteiger partial charge in [-0.1, -0.05) is 0 Å². The molecule has 1 fully saturated rings. The van der Waals surface area contributed by atoms with Crippen LogP contribution in [0.15, 0.2) is 0 Å². The highest BCUT2D eigenvalue weighted by Gasteiger charge is 2.18. The lowest BCUT2D eigenvalue weighted by molar-refractivity contribution is 0.186. The third-order valence-electron chi connectivity index (χ3n) is 1.87. The maximum Gasteiger partial charge on any atom is 0.225 e. The van der Waals surface area contributed by atoms with Gasteiger partial charge >= 0.3 is 0 Å². The first-order valence-electron chi connectivity index (χ1n) is 4.06. The fraction of sp³-hybridized carbons (Fsp3) is 0.857. The zero-order valence-corrected chi connectivity index (χ0v) is 8.01. The number of rotatable bonds is 4. The van der Waals surface area contributed by atoms with Gasteiger partial charge in [0, 0.05) is 13.2 Å². The molecular formula is C7H12N2O3S. The van der Waals surface area contributed by atoms with Crippen molar-refractivity contribution in [3.63, 3.8) is 0 Å². The van der Waals surface area contributed by atoms with Crippen molar-refractivity contribution >= 4 is 10.0 Å². The van der Waals surface area contributed by atoms with E-state index in [1.54, 1.807) is 6.07 Å². The van der Waals surface area contributed by atoms with Crippen LogP contribution in [-0.2, 0) is 14.8 Å². The Balaban J connectivity index is 2.29. The van der Waals surface area contributed by atoms with Crippen molar-refractivity contribution in [3.8, 4) is 6.07 Å². The number of nitrogens with one attached hydrogen (secondary N) is 1. The van der Waals surface area contributed by atoms with Crippen molar-refractivity contribution in [1.82, 2.24) is 4.72 Å². The standard InChI is InChI=1S/C7H12N2O3S/c8-2-4-13(10,11)9-5-7-1-3-12-6-7/h7,9H,1,3-6H2. The predicted molar refractivity (Wildman–Crippen MR) is 46.3 cm³/mol. The van der Waals surface area contributed by atoms with Gasteiger partial charge in [-0.3, -0.25) is 0 Å². The van der Waals surface area contributed by atoms with Gasteiger partial charge in [0.05, 0.1) is 12.7 Å². The summed E-state index contributed by atoms with van der Waals surface area (Å²) in [5, 5.41) is 8.20. The van der Waals surface area contributed by atoms with Crippen molar-refractivity contribution in [3.05, 3.63) is 0 Å². The second-order valence-corrected chi connectivity index (χ2v) is 4.80. The fourth-order valence-corrected chi connectivity index (χ4v) is 1.89. The largest absolute Gasteiger partial charge is 0.381 e. The molecule has 0 aromatic carbocycles. The van der Waals surface area contributed by atoms with Gasteiger partial charge in [0.25, 0.3) is 0 Å². The molecule has 0 saturated carbocycles. The first-order valence-corrected chi connectivity index (χ1v) is 5.71. The Morgan fingerprint density at radius 1 is 1.62 bits per heavy atom. The number of hydrogen-bond donors (Lipinski definition) is 1. The smallest absolute Gasteiger partial charge is 0.225 e. The summed E-state index contributed by atoms with van der Waals surface area (Å²) in [4.78, 5) is 0. The number of sulfonamides is 1. The third-order valence-corrected chi connectivity index (χ3v) is 2.99. The lowest BCUT2D eigenvalue weighted by atomic mass is 10.1. The molecule has 1 rings (SSSR count). The van der Waals surface area contributed by atoms with Crippen LogP contribution in [0.3, 0.4) is 0 Å². The van der Waals surface area contributed by atoms with E-state index < -0.39 is 15.8 Å². The number of nitrogens with zero attached hydrogens (tertiary/aromatic N) is 1. The molecule has 0 spiro atoms. The van der Waals surface area contributed by atoms with E-state index in [0.717, 1.165) is 6.42 Å². The molecule has 0 aromatic heterocycles. The van der Waals surface area contributed by atoms with Crippen LogP contribution in [0.4, 0.5) is 0 Å². The molecule has 0 radical (unpaired) electrons. The predicted octanol–water partition coefficient (Wildman–Crippen LogP) is -0.534. The summed E-state index contributed by atoms with van der Waals surface area (Å²) in [7, 11) is -3.39. The molecule has 0 amide bonds. The van der Waals surface area contributed by atoms with Gasteiger partial charge in [0.1, 0.15) is 0 Å². The highest BCUT2D eigenvalue weighted by atomic mass is 32.2. The van der Waals surface area contributed by atoms with Crippen molar-refractivity contribution in [2.24, 2.45) is 5.92 Å². The van der Waals surface area contributed by atoms with Gasteiger partial charge in [-0.05, 0) is 12.3 Å². The van der Waals surface area contributed by atoms with E-state index in [9.17, 15) is 8.42 Å². The Kier molecular flexibility index (Phi) is 3.66. The molecule has 1 saturated heterocycles. The quantitative estimate of drug-likeness (QED) is 0.667. The summed E-state index contributed by atoms with van der Waals surface area (Å²) < 4.78 is 29.5. The first-order chi connectivity index (χ1) is 6.14. The Hall–Kier alpha value is -0.640. The van der Waals surface area contributed by atoms with Crippen molar-refractivity contribution in [1.29, 1.82) is 5.26 Å². The molecule has 6 heteroatoms. The maximum atomic E-state index is 11.0. The summed E-state index contributed by atoms with van der Waals surface area (Å²) in [5.41, 5.74) is 0. The SMILES string of the molecule is N#CCS(=O)(=O)NCC1CCOC1. The van der Waals surface area contributed by atoms with Gasteiger partial charge in [0.2, 0.25) is 10.0 Å². The minimum absolute atomic E-state index is 0.258. The van der Waals surface area contributed by atoms with E-state index in [1.165, 1.54) is 0 Å². The number of ether oxygens (including phenoxy) is 1. The first kappa shape index (κ1) is 10.4. The third kappa shape index (κ3) is 3.72. The number of nitriles is 1. The molecule has 0 bridgehead atoms. The zero-order chi connectivity index (χ0) is 9.73. The molecule has 1 unspecified atom stereocenters. The summed E-state index contributed by atoms with van der Waals surface area (Å²) in [6.07, 6.45) is 0.884. The van der Waals surface area contributed by atoms with Crippen molar-refractivity contribution in [2.75, 3.05) is 25.5 Å². The lowest BCUT2D eigenvalue weighted by Crippen LogP contribution is -2.31. The Morgan fingerprint density at radius 2 is 2.38 bits per heavy atom. The van der Waals surface area contributed by atoms with E-state index in [4.69, 9.17) is 10.00 Å². The molecule has 1 aliphatic heterocycles. The second kappa shape index (κ2) is 4.56. The van der Waals surface area contributed by atoms with Crippen LogP contribution in [0.1, 0.15) is 6.42 Å². The van der Waals surface area contributed by atoms with Crippen molar-refractivity contribution < 1.29 is 13.2 Å². The molecular weight excluding hydrogens is 192 g/mol. The highest BCUT2D eigenvalue weighted by molar-refractivity contribution is 7.89. The molecule has 1 N–H and O–H groups in total. The molecule has 5 nitrogen and oxygen atoms in total. The van der Waals surface area contributed by atoms with Crippen LogP contribution >= 0.6 is 0 Å². The summed E-state index contributed by atoms with van der Waals surface area (Å²) in [5.74, 6) is -0.214. The van der Waals surface area contributed by atoms with E-state index >= 15 is 0 Å².